The molecule has 52 heavy (non-hydrogen) atoms. The molecule has 242 valence electrons. The molecular formula is C49H30N2S. The molecule has 1 atom stereocenters. The van der Waals surface area contributed by atoms with Crippen molar-refractivity contribution in [3.8, 4) is 45.0 Å². The Labute approximate surface area is 306 Å². The van der Waals surface area contributed by atoms with Crippen molar-refractivity contribution in [1.82, 2.24) is 9.97 Å². The summed E-state index contributed by atoms with van der Waals surface area (Å²) in [7, 11) is 0. The van der Waals surface area contributed by atoms with Crippen LogP contribution >= 0.6 is 11.3 Å². The van der Waals surface area contributed by atoms with E-state index in [0.717, 1.165) is 28.1 Å². The maximum atomic E-state index is 5.26. The molecule has 2 nitrogen and oxygen atoms in total. The van der Waals surface area contributed by atoms with Crippen LogP contribution in [0, 0.1) is 0 Å². The van der Waals surface area contributed by atoms with Crippen molar-refractivity contribution in [3.05, 3.63) is 203 Å². The molecule has 2 aliphatic carbocycles. The zero-order valence-electron chi connectivity index (χ0n) is 28.1. The average Bonchev–Trinajstić information content (AvgIpc) is 3.69. The lowest BCUT2D eigenvalue weighted by Gasteiger charge is -2.35. The minimum Gasteiger partial charge on any atom is -0.228 e. The van der Waals surface area contributed by atoms with Gasteiger partial charge in [0.15, 0.2) is 5.82 Å². The van der Waals surface area contributed by atoms with Crippen LogP contribution < -0.4 is 0 Å². The van der Waals surface area contributed by atoms with E-state index in [9.17, 15) is 0 Å². The molecule has 0 radical (unpaired) electrons. The molecule has 2 aliphatic rings. The molecule has 0 fully saturated rings. The van der Waals surface area contributed by atoms with Gasteiger partial charge in [-0.2, -0.15) is 0 Å². The lowest BCUT2D eigenvalue weighted by Crippen LogP contribution is -2.30. The summed E-state index contributed by atoms with van der Waals surface area (Å²) < 4.78 is 2.67. The third-order valence-corrected chi connectivity index (χ3v) is 12.1. The van der Waals surface area contributed by atoms with Crippen LogP contribution in [0.3, 0.4) is 0 Å². The fourth-order valence-corrected chi connectivity index (χ4v) is 9.95. The number of rotatable bonds is 3. The normalized spacial score (nSPS) is 15.3. The molecule has 0 saturated heterocycles. The van der Waals surface area contributed by atoms with E-state index in [2.05, 4.69) is 170 Å². The first-order chi connectivity index (χ1) is 25.8. The largest absolute Gasteiger partial charge is 0.228 e. The Bertz CT molecular complexity index is 2850. The highest BCUT2D eigenvalue weighted by Crippen LogP contribution is 2.61. The minimum atomic E-state index is -0.555. The molecule has 1 unspecified atom stereocenters. The molecule has 0 aliphatic heterocycles. The molecule has 1 spiro atoms. The van der Waals surface area contributed by atoms with Crippen molar-refractivity contribution in [3.63, 3.8) is 0 Å². The Morgan fingerprint density at radius 1 is 0.423 bits per heavy atom. The number of benzene rings is 7. The van der Waals surface area contributed by atoms with Crippen molar-refractivity contribution >= 4 is 43.7 Å². The molecule has 0 bridgehead atoms. The van der Waals surface area contributed by atoms with Crippen LogP contribution in [0.1, 0.15) is 33.4 Å². The second-order valence-electron chi connectivity index (χ2n) is 13.7. The van der Waals surface area contributed by atoms with E-state index < -0.39 is 5.41 Å². The van der Waals surface area contributed by atoms with Gasteiger partial charge in [-0.05, 0) is 57.1 Å². The van der Waals surface area contributed by atoms with Gasteiger partial charge in [0, 0.05) is 42.4 Å². The van der Waals surface area contributed by atoms with E-state index in [1.54, 1.807) is 0 Å². The summed E-state index contributed by atoms with van der Waals surface area (Å²) in [6.45, 7) is 0. The highest BCUT2D eigenvalue weighted by molar-refractivity contribution is 7.26. The second kappa shape index (κ2) is 11.3. The van der Waals surface area contributed by atoms with Crippen LogP contribution in [0.15, 0.2) is 170 Å². The van der Waals surface area contributed by atoms with E-state index in [0.29, 0.717) is 5.82 Å². The molecular weight excluding hydrogens is 649 g/mol. The number of fused-ring (bicyclic) bond motifs is 13. The summed E-state index contributed by atoms with van der Waals surface area (Å²) in [6, 6.07) is 61.4. The van der Waals surface area contributed by atoms with Crippen LogP contribution in [0.2, 0.25) is 0 Å². The van der Waals surface area contributed by atoms with E-state index in [4.69, 9.17) is 9.97 Å². The van der Waals surface area contributed by atoms with Crippen LogP contribution in [0.5, 0.6) is 0 Å². The van der Waals surface area contributed by atoms with E-state index >= 15 is 0 Å². The zero-order valence-corrected chi connectivity index (χ0v) is 28.9. The number of aromatic nitrogens is 2. The molecule has 3 heteroatoms. The van der Waals surface area contributed by atoms with Gasteiger partial charge in [-0.25, -0.2) is 9.97 Å². The molecule has 0 amide bonds. The monoisotopic (exact) mass is 678 g/mol. The summed E-state index contributed by atoms with van der Waals surface area (Å²) in [4.78, 5) is 10.5. The fraction of sp³-hybridized carbons (Fsp3) is 0.0204. The SMILES string of the molecule is C1=Cc2ccc(-c3nc(-c4ccccc4)cc(-c4ccccc4)n3)cc2C2(c3ccccc31)c1ccccc1-c1c2ccc2c1sc1ccccc12. The lowest BCUT2D eigenvalue weighted by molar-refractivity contribution is 0.767. The summed E-state index contributed by atoms with van der Waals surface area (Å²) in [5.74, 6) is 0.714. The number of hydrogen-bond acceptors (Lipinski definition) is 3. The maximum absolute atomic E-state index is 5.26. The van der Waals surface area contributed by atoms with Crippen LogP contribution in [0.4, 0.5) is 0 Å². The van der Waals surface area contributed by atoms with Gasteiger partial charge in [0.25, 0.3) is 0 Å². The van der Waals surface area contributed by atoms with Gasteiger partial charge < -0.3 is 0 Å². The van der Waals surface area contributed by atoms with E-state index in [-0.39, 0.29) is 0 Å². The Hall–Kier alpha value is -6.42. The van der Waals surface area contributed by atoms with Gasteiger partial charge in [-0.3, -0.25) is 0 Å². The van der Waals surface area contributed by atoms with Crippen LogP contribution in [-0.4, -0.2) is 9.97 Å². The molecule has 11 rings (SSSR count). The molecule has 0 N–H and O–H groups in total. The first-order valence-electron chi connectivity index (χ1n) is 17.7. The summed E-state index contributed by atoms with van der Waals surface area (Å²) in [5, 5.41) is 2.64. The fourth-order valence-electron chi connectivity index (χ4n) is 8.69. The van der Waals surface area contributed by atoms with Gasteiger partial charge in [-0.1, -0.05) is 164 Å². The molecule has 0 saturated carbocycles. The lowest BCUT2D eigenvalue weighted by atomic mass is 9.65. The average molecular weight is 679 g/mol. The standard InChI is InChI=1S/C49H30N2S/c1-3-14-33(15-4-1)43-30-44(34-16-5-2-6-17-34)51-48(50-43)35-26-25-32-24-23-31-13-7-10-20-39(31)49(42(32)29-35)40-21-11-8-19-38(40)46-41(49)28-27-37-36-18-9-12-22-45(36)52-47(37)46/h1-30H. The Morgan fingerprint density at radius 3 is 1.83 bits per heavy atom. The first-order valence-corrected chi connectivity index (χ1v) is 18.6. The predicted octanol–water partition coefficient (Wildman–Crippen LogP) is 12.7. The minimum absolute atomic E-state index is 0.555. The van der Waals surface area contributed by atoms with E-state index in [1.807, 2.05) is 23.5 Å². The van der Waals surface area contributed by atoms with Gasteiger partial charge in [0.1, 0.15) is 0 Å². The maximum Gasteiger partial charge on any atom is 0.160 e. The van der Waals surface area contributed by atoms with Gasteiger partial charge in [-0.15, -0.1) is 11.3 Å². The molecule has 7 aromatic carbocycles. The summed E-state index contributed by atoms with van der Waals surface area (Å²) in [6.07, 6.45) is 4.59. The van der Waals surface area contributed by atoms with Crippen molar-refractivity contribution < 1.29 is 0 Å². The van der Waals surface area contributed by atoms with Crippen LogP contribution in [-0.2, 0) is 5.41 Å². The summed E-state index contributed by atoms with van der Waals surface area (Å²) >= 11 is 1.91. The summed E-state index contributed by atoms with van der Waals surface area (Å²) in [5.41, 5.74) is 14.6. The van der Waals surface area contributed by atoms with Crippen molar-refractivity contribution in [2.24, 2.45) is 0 Å². The Kier molecular flexibility index (Phi) is 6.37. The second-order valence-corrected chi connectivity index (χ2v) is 14.7. The molecule has 2 heterocycles. The Morgan fingerprint density at radius 2 is 1.06 bits per heavy atom. The highest BCUT2D eigenvalue weighted by atomic mass is 32.1. The predicted molar refractivity (Wildman–Crippen MR) is 217 cm³/mol. The zero-order chi connectivity index (χ0) is 34.2. The van der Waals surface area contributed by atoms with Crippen LogP contribution in [0.25, 0.3) is 77.4 Å². The Balaban J connectivity index is 1.23. The highest BCUT2D eigenvalue weighted by Gasteiger charge is 2.49. The van der Waals surface area contributed by atoms with Gasteiger partial charge in [0.2, 0.25) is 0 Å². The number of hydrogen-bond donors (Lipinski definition) is 0. The van der Waals surface area contributed by atoms with Crippen molar-refractivity contribution in [1.29, 1.82) is 0 Å². The van der Waals surface area contributed by atoms with Crippen molar-refractivity contribution in [2.45, 2.75) is 5.41 Å². The smallest absolute Gasteiger partial charge is 0.160 e. The third-order valence-electron chi connectivity index (χ3n) is 10.9. The molecule has 9 aromatic rings. The quantitative estimate of drug-likeness (QED) is 0.186. The first kappa shape index (κ1) is 29.3. The number of thiophene rings is 1. The molecule has 2 aromatic heterocycles. The van der Waals surface area contributed by atoms with Crippen molar-refractivity contribution in [2.75, 3.05) is 0 Å². The van der Waals surface area contributed by atoms with E-state index in [1.165, 1.54) is 64.7 Å². The topological polar surface area (TPSA) is 25.8 Å². The van der Waals surface area contributed by atoms with Gasteiger partial charge in [0.05, 0.1) is 16.8 Å². The number of nitrogens with zero attached hydrogens (tertiary/aromatic N) is 2. The van der Waals surface area contributed by atoms with Gasteiger partial charge >= 0.3 is 0 Å². The third kappa shape index (κ3) is 4.17.